The Morgan fingerprint density at radius 1 is 1.14 bits per heavy atom. The summed E-state index contributed by atoms with van der Waals surface area (Å²) in [6.07, 6.45) is 0. The van der Waals surface area contributed by atoms with E-state index in [4.69, 9.17) is 28.3 Å². The first-order valence-corrected chi connectivity index (χ1v) is 7.37. The highest BCUT2D eigenvalue weighted by molar-refractivity contribution is 6.39. The van der Waals surface area contributed by atoms with E-state index in [2.05, 4.69) is 0 Å². The van der Waals surface area contributed by atoms with Crippen LogP contribution in [0.25, 0.3) is 0 Å². The first-order valence-electron chi connectivity index (χ1n) is 6.62. The number of hydrogen-bond donors (Lipinski definition) is 1. The van der Waals surface area contributed by atoms with Gasteiger partial charge < -0.3 is 10.0 Å². The van der Waals surface area contributed by atoms with Crippen molar-refractivity contribution in [3.63, 3.8) is 0 Å². The van der Waals surface area contributed by atoms with Crippen LogP contribution < -0.4 is 0 Å². The lowest BCUT2D eigenvalue weighted by atomic mass is 10.1. The Labute approximate surface area is 133 Å². The Morgan fingerprint density at radius 2 is 1.67 bits per heavy atom. The summed E-state index contributed by atoms with van der Waals surface area (Å²) in [5, 5.41) is 9.66. The molecule has 0 aromatic heterocycles. The van der Waals surface area contributed by atoms with E-state index in [0.29, 0.717) is 41.8 Å². The highest BCUT2D eigenvalue weighted by Gasteiger charge is 2.29. The van der Waals surface area contributed by atoms with Gasteiger partial charge in [0.1, 0.15) is 6.04 Å². The Morgan fingerprint density at radius 3 is 2.14 bits per heavy atom. The maximum absolute atomic E-state index is 12.5. The van der Waals surface area contributed by atoms with Gasteiger partial charge in [-0.1, -0.05) is 29.3 Å². The van der Waals surface area contributed by atoms with Gasteiger partial charge in [0.2, 0.25) is 0 Å². The predicted molar refractivity (Wildman–Crippen MR) is 81.0 cm³/mol. The molecule has 7 heteroatoms. The normalized spacial score (nSPS) is 17.6. The van der Waals surface area contributed by atoms with Gasteiger partial charge in [-0.2, -0.15) is 0 Å². The van der Waals surface area contributed by atoms with Gasteiger partial charge in [-0.25, -0.2) is 0 Å². The molecule has 21 heavy (non-hydrogen) atoms. The number of hydrogen-bond acceptors (Lipinski definition) is 3. The van der Waals surface area contributed by atoms with Crippen LogP contribution in [0.5, 0.6) is 0 Å². The van der Waals surface area contributed by atoms with Crippen LogP contribution in [0.3, 0.4) is 0 Å². The summed E-state index contributed by atoms with van der Waals surface area (Å²) >= 11 is 12.1. The molecule has 1 aromatic rings. The van der Waals surface area contributed by atoms with Crippen molar-refractivity contribution in [2.75, 3.05) is 26.2 Å². The molecule has 5 nitrogen and oxygen atoms in total. The molecule has 1 saturated heterocycles. The second-order valence-electron chi connectivity index (χ2n) is 4.94. The Hall–Kier alpha value is -1.30. The lowest BCUT2D eigenvalue weighted by Crippen LogP contribution is -2.53. The van der Waals surface area contributed by atoms with E-state index in [1.807, 2.05) is 4.90 Å². The first-order chi connectivity index (χ1) is 9.91. The quantitative estimate of drug-likeness (QED) is 0.923. The molecular weight excluding hydrogens is 315 g/mol. The van der Waals surface area contributed by atoms with Gasteiger partial charge in [0.25, 0.3) is 5.91 Å². The molecule has 1 aliphatic heterocycles. The van der Waals surface area contributed by atoms with E-state index in [-0.39, 0.29) is 5.91 Å². The topological polar surface area (TPSA) is 60.9 Å². The van der Waals surface area contributed by atoms with Crippen LogP contribution in [-0.4, -0.2) is 59.0 Å². The predicted octanol–water partition coefficient (Wildman–Crippen LogP) is 2.22. The lowest BCUT2D eigenvalue weighted by molar-refractivity contribution is -0.143. The van der Waals surface area contributed by atoms with E-state index >= 15 is 0 Å². The summed E-state index contributed by atoms with van der Waals surface area (Å²) in [7, 11) is 0. The standard InChI is InChI=1S/C14H16Cl2N2O3/c1-9(14(20)21)17-5-7-18(8-6-17)13(19)12-10(15)3-2-4-11(12)16/h2-4,9H,5-8H2,1H3,(H,20,21)/t9-/m1/s1. The zero-order chi connectivity index (χ0) is 15.6. The van der Waals surface area contributed by atoms with E-state index in [1.54, 1.807) is 30.0 Å². The lowest BCUT2D eigenvalue weighted by Gasteiger charge is -2.36. The van der Waals surface area contributed by atoms with Crippen molar-refractivity contribution in [3.8, 4) is 0 Å². The van der Waals surface area contributed by atoms with Crippen LogP contribution >= 0.6 is 23.2 Å². The minimum atomic E-state index is -0.857. The summed E-state index contributed by atoms with van der Waals surface area (Å²) in [5.41, 5.74) is 0.306. The maximum Gasteiger partial charge on any atom is 0.320 e. The molecule has 0 aliphatic carbocycles. The van der Waals surface area contributed by atoms with Crippen LogP contribution in [0.2, 0.25) is 10.0 Å². The number of carboxylic acid groups (broad SMARTS) is 1. The summed E-state index contributed by atoms with van der Waals surface area (Å²) in [6, 6.07) is 4.40. The smallest absolute Gasteiger partial charge is 0.320 e. The van der Waals surface area contributed by atoms with Crippen molar-refractivity contribution in [1.82, 2.24) is 9.80 Å². The van der Waals surface area contributed by atoms with Crippen LogP contribution in [0.4, 0.5) is 0 Å². The van der Waals surface area contributed by atoms with Gasteiger partial charge in [-0.15, -0.1) is 0 Å². The summed E-state index contributed by atoms with van der Waals surface area (Å²) in [5.74, 6) is -1.07. The molecule has 0 bridgehead atoms. The minimum Gasteiger partial charge on any atom is -0.480 e. The molecule has 0 unspecified atom stereocenters. The fraction of sp³-hybridized carbons (Fsp3) is 0.429. The molecule has 0 saturated carbocycles. The van der Waals surface area contributed by atoms with E-state index < -0.39 is 12.0 Å². The fourth-order valence-corrected chi connectivity index (χ4v) is 2.89. The molecule has 2 rings (SSSR count). The largest absolute Gasteiger partial charge is 0.480 e. The molecule has 1 heterocycles. The SMILES string of the molecule is C[C@H](C(=O)O)N1CCN(C(=O)c2c(Cl)cccc2Cl)CC1. The summed E-state index contributed by atoms with van der Waals surface area (Å²) < 4.78 is 0. The van der Waals surface area contributed by atoms with Crippen molar-refractivity contribution in [1.29, 1.82) is 0 Å². The first kappa shape index (κ1) is 16.1. The van der Waals surface area contributed by atoms with Crippen molar-refractivity contribution in [2.24, 2.45) is 0 Å². The zero-order valence-electron chi connectivity index (χ0n) is 11.6. The Bertz CT molecular complexity index is 537. The van der Waals surface area contributed by atoms with Crippen LogP contribution in [0.1, 0.15) is 17.3 Å². The number of carboxylic acids is 1. The van der Waals surface area contributed by atoms with E-state index in [9.17, 15) is 9.59 Å². The zero-order valence-corrected chi connectivity index (χ0v) is 13.1. The second kappa shape index (κ2) is 6.64. The van der Waals surface area contributed by atoms with Crippen LogP contribution in [-0.2, 0) is 4.79 Å². The van der Waals surface area contributed by atoms with Crippen molar-refractivity contribution < 1.29 is 14.7 Å². The van der Waals surface area contributed by atoms with Gasteiger partial charge in [-0.3, -0.25) is 14.5 Å². The Kier molecular flexibility index (Phi) is 5.08. The van der Waals surface area contributed by atoms with E-state index in [1.165, 1.54) is 0 Å². The maximum atomic E-state index is 12.5. The third kappa shape index (κ3) is 3.48. The number of halogens is 2. The van der Waals surface area contributed by atoms with Gasteiger partial charge >= 0.3 is 5.97 Å². The van der Waals surface area contributed by atoms with Crippen molar-refractivity contribution in [3.05, 3.63) is 33.8 Å². The highest BCUT2D eigenvalue weighted by atomic mass is 35.5. The van der Waals surface area contributed by atoms with Crippen LogP contribution in [0.15, 0.2) is 18.2 Å². The molecule has 1 aliphatic rings. The number of aliphatic carboxylic acids is 1. The molecular formula is C14H16Cl2N2O3. The van der Waals surface area contributed by atoms with Gasteiger partial charge in [0.15, 0.2) is 0 Å². The average Bonchev–Trinajstić information content (AvgIpc) is 2.46. The summed E-state index contributed by atoms with van der Waals surface area (Å²) in [4.78, 5) is 26.9. The highest BCUT2D eigenvalue weighted by Crippen LogP contribution is 2.26. The number of carbonyl (C=O) groups excluding carboxylic acids is 1. The summed E-state index contributed by atoms with van der Waals surface area (Å²) in [6.45, 7) is 3.59. The average molecular weight is 331 g/mol. The molecule has 0 spiro atoms. The van der Waals surface area contributed by atoms with Gasteiger partial charge in [0.05, 0.1) is 15.6 Å². The van der Waals surface area contributed by atoms with E-state index in [0.717, 1.165) is 0 Å². The Balaban J connectivity index is 2.06. The second-order valence-corrected chi connectivity index (χ2v) is 5.75. The number of carbonyl (C=O) groups is 2. The molecule has 1 aromatic carbocycles. The molecule has 114 valence electrons. The molecule has 1 fully saturated rings. The monoisotopic (exact) mass is 330 g/mol. The third-order valence-electron chi connectivity index (χ3n) is 3.68. The molecule has 1 amide bonds. The fourth-order valence-electron chi connectivity index (χ4n) is 2.33. The van der Waals surface area contributed by atoms with Crippen molar-refractivity contribution >= 4 is 35.1 Å². The number of piperazine rings is 1. The number of benzene rings is 1. The van der Waals surface area contributed by atoms with Crippen molar-refractivity contribution in [2.45, 2.75) is 13.0 Å². The number of amides is 1. The van der Waals surface area contributed by atoms with Gasteiger partial charge in [0, 0.05) is 26.2 Å². The number of nitrogens with zero attached hydrogens (tertiary/aromatic N) is 2. The molecule has 1 atom stereocenters. The number of rotatable bonds is 3. The van der Waals surface area contributed by atoms with Crippen LogP contribution in [0, 0.1) is 0 Å². The molecule has 1 N–H and O–H groups in total. The van der Waals surface area contributed by atoms with Gasteiger partial charge in [-0.05, 0) is 19.1 Å². The third-order valence-corrected chi connectivity index (χ3v) is 4.31. The molecule has 0 radical (unpaired) electrons. The minimum absolute atomic E-state index is 0.215.